The highest BCUT2D eigenvalue weighted by Crippen LogP contribution is 2.13. The summed E-state index contributed by atoms with van der Waals surface area (Å²) >= 11 is 0. The van der Waals surface area contributed by atoms with Crippen LogP contribution >= 0.6 is 0 Å². The van der Waals surface area contributed by atoms with Crippen LogP contribution < -0.4 is 0 Å². The lowest BCUT2D eigenvalue weighted by Crippen LogP contribution is -1.86. The molecule has 2 aromatic rings. The van der Waals surface area contributed by atoms with Crippen molar-refractivity contribution >= 4 is 0 Å². The van der Waals surface area contributed by atoms with Gasteiger partial charge in [0.2, 0.25) is 0 Å². The second-order valence-corrected chi connectivity index (χ2v) is 5.69. The van der Waals surface area contributed by atoms with Crippen LogP contribution in [-0.4, -0.2) is 0 Å². The summed E-state index contributed by atoms with van der Waals surface area (Å²) in [6.45, 7) is 15.0. The van der Waals surface area contributed by atoms with Crippen molar-refractivity contribution in [2.75, 3.05) is 0 Å². The van der Waals surface area contributed by atoms with Crippen molar-refractivity contribution in [2.24, 2.45) is 0 Å². The molecule has 0 radical (unpaired) electrons. The zero-order chi connectivity index (χ0) is 14.6. The lowest BCUT2D eigenvalue weighted by molar-refractivity contribution is 1.23. The van der Waals surface area contributed by atoms with Gasteiger partial charge < -0.3 is 0 Å². The summed E-state index contributed by atoms with van der Waals surface area (Å²) in [5.41, 5.74) is 9.65. The van der Waals surface area contributed by atoms with E-state index in [4.69, 9.17) is 0 Å². The summed E-state index contributed by atoms with van der Waals surface area (Å²) in [6, 6.07) is 11.0. The summed E-state index contributed by atoms with van der Waals surface area (Å²) < 4.78 is 0. The summed E-state index contributed by atoms with van der Waals surface area (Å²) in [4.78, 5) is 0. The zero-order valence-corrected chi connectivity index (χ0v) is 13.4. The molecule has 2 aromatic carbocycles. The topological polar surface area (TPSA) is 0 Å². The van der Waals surface area contributed by atoms with Crippen molar-refractivity contribution < 1.29 is 0 Å². The molecule has 0 saturated heterocycles. The van der Waals surface area contributed by atoms with E-state index in [2.05, 4.69) is 78.8 Å². The first-order valence-corrected chi connectivity index (χ1v) is 6.89. The fourth-order valence-corrected chi connectivity index (χ4v) is 2.45. The SMILES string of the molecule is Cc1cc(C)c(C)c(C)c1.Cc1cc(C)cc(C)c1. The molecule has 0 spiro atoms. The minimum Gasteiger partial charge on any atom is -0.0564 e. The first kappa shape index (κ1) is 15.5. The Morgan fingerprint density at radius 1 is 0.421 bits per heavy atom. The Kier molecular flexibility index (Phi) is 5.35. The molecule has 19 heavy (non-hydrogen) atoms. The van der Waals surface area contributed by atoms with Gasteiger partial charge in [0.05, 0.1) is 0 Å². The maximum absolute atomic E-state index is 2.22. The molecule has 0 heterocycles. The van der Waals surface area contributed by atoms with Gasteiger partial charge in [-0.15, -0.1) is 0 Å². The fourth-order valence-electron chi connectivity index (χ4n) is 2.45. The predicted molar refractivity (Wildman–Crippen MR) is 86.0 cm³/mol. The molecular formula is C19H26. The van der Waals surface area contributed by atoms with E-state index in [9.17, 15) is 0 Å². The minimum atomic E-state index is 1.35. The largest absolute Gasteiger partial charge is 0.0564 e. The highest BCUT2D eigenvalue weighted by molar-refractivity contribution is 5.36. The molecule has 0 aliphatic rings. The third kappa shape index (κ3) is 4.90. The van der Waals surface area contributed by atoms with Gasteiger partial charge in [0.15, 0.2) is 0 Å². The molecule has 0 atom stereocenters. The van der Waals surface area contributed by atoms with E-state index >= 15 is 0 Å². The lowest BCUT2D eigenvalue weighted by atomic mass is 10.0. The zero-order valence-electron chi connectivity index (χ0n) is 13.4. The summed E-state index contributed by atoms with van der Waals surface area (Å²) in [5.74, 6) is 0. The molecule has 0 unspecified atom stereocenters. The van der Waals surface area contributed by atoms with Crippen LogP contribution in [0.3, 0.4) is 0 Å². The smallest absolute Gasteiger partial charge is 0.0392 e. The number of aryl methyl sites for hydroxylation is 6. The molecule has 0 fully saturated rings. The molecule has 0 aliphatic heterocycles. The average Bonchev–Trinajstić information content (AvgIpc) is 2.24. The van der Waals surface area contributed by atoms with Crippen LogP contribution in [0.5, 0.6) is 0 Å². The standard InChI is InChI=1S/C10H14.C9H12/c1-7-5-8(2)10(4)9(3)6-7;1-7-4-8(2)6-9(3)5-7/h5-6H,1-4H3;4-6H,1-3H3. The lowest BCUT2D eigenvalue weighted by Gasteiger charge is -2.04. The number of hydrogen-bond donors (Lipinski definition) is 0. The van der Waals surface area contributed by atoms with E-state index in [1.807, 2.05) is 0 Å². The van der Waals surface area contributed by atoms with Gasteiger partial charge in [0.25, 0.3) is 0 Å². The second kappa shape index (κ2) is 6.56. The fraction of sp³-hybridized carbons (Fsp3) is 0.368. The van der Waals surface area contributed by atoms with Gasteiger partial charge in [-0.25, -0.2) is 0 Å². The molecule has 2 rings (SSSR count). The van der Waals surface area contributed by atoms with Crippen LogP contribution in [0, 0.1) is 48.5 Å². The molecule has 0 aliphatic carbocycles. The first-order chi connectivity index (χ1) is 8.79. The van der Waals surface area contributed by atoms with Gasteiger partial charge in [-0.2, -0.15) is 0 Å². The van der Waals surface area contributed by atoms with E-state index in [1.165, 1.54) is 38.9 Å². The minimum absolute atomic E-state index is 1.35. The van der Waals surface area contributed by atoms with Crippen molar-refractivity contribution in [2.45, 2.75) is 48.5 Å². The third-order valence-corrected chi connectivity index (χ3v) is 3.44. The van der Waals surface area contributed by atoms with Gasteiger partial charge >= 0.3 is 0 Å². The van der Waals surface area contributed by atoms with E-state index in [-0.39, 0.29) is 0 Å². The van der Waals surface area contributed by atoms with Crippen molar-refractivity contribution in [3.8, 4) is 0 Å². The Morgan fingerprint density at radius 3 is 1.00 bits per heavy atom. The Labute approximate surface area is 118 Å². The van der Waals surface area contributed by atoms with Gasteiger partial charge in [0.1, 0.15) is 0 Å². The summed E-state index contributed by atoms with van der Waals surface area (Å²) in [5, 5.41) is 0. The van der Waals surface area contributed by atoms with Gasteiger partial charge in [-0.3, -0.25) is 0 Å². The average molecular weight is 254 g/mol. The van der Waals surface area contributed by atoms with Crippen molar-refractivity contribution in [3.05, 3.63) is 69.3 Å². The highest BCUT2D eigenvalue weighted by Gasteiger charge is 1.96. The van der Waals surface area contributed by atoms with Crippen LogP contribution in [0.1, 0.15) is 38.9 Å². The molecule has 0 bridgehead atoms. The Hall–Kier alpha value is -1.56. The predicted octanol–water partition coefficient (Wildman–Crippen LogP) is 5.53. The Bertz CT molecular complexity index is 489. The molecular weight excluding hydrogens is 228 g/mol. The summed E-state index contributed by atoms with van der Waals surface area (Å²) in [7, 11) is 0. The van der Waals surface area contributed by atoms with Crippen LogP contribution in [0.4, 0.5) is 0 Å². The molecule has 0 amide bonds. The van der Waals surface area contributed by atoms with E-state index < -0.39 is 0 Å². The molecule has 0 saturated carbocycles. The Morgan fingerprint density at radius 2 is 0.684 bits per heavy atom. The van der Waals surface area contributed by atoms with Gasteiger partial charge in [-0.1, -0.05) is 52.6 Å². The highest BCUT2D eigenvalue weighted by atomic mass is 14.0. The van der Waals surface area contributed by atoms with Crippen LogP contribution in [-0.2, 0) is 0 Å². The Balaban J connectivity index is 0.000000191. The number of rotatable bonds is 0. The molecule has 0 heteroatoms. The quantitative estimate of drug-likeness (QED) is 0.579. The molecule has 0 N–H and O–H groups in total. The number of benzene rings is 2. The van der Waals surface area contributed by atoms with Crippen LogP contribution in [0.15, 0.2) is 30.3 Å². The molecule has 0 nitrogen and oxygen atoms in total. The van der Waals surface area contributed by atoms with Gasteiger partial charge in [-0.05, 0) is 65.2 Å². The van der Waals surface area contributed by atoms with E-state index in [1.54, 1.807) is 0 Å². The normalized spacial score (nSPS) is 9.84. The molecule has 0 aromatic heterocycles. The molecule has 102 valence electrons. The maximum atomic E-state index is 2.22. The van der Waals surface area contributed by atoms with Crippen LogP contribution in [0.25, 0.3) is 0 Å². The first-order valence-electron chi connectivity index (χ1n) is 6.89. The maximum Gasteiger partial charge on any atom is -0.0392 e. The van der Waals surface area contributed by atoms with Crippen molar-refractivity contribution in [3.63, 3.8) is 0 Å². The van der Waals surface area contributed by atoms with E-state index in [0.29, 0.717) is 0 Å². The monoisotopic (exact) mass is 254 g/mol. The summed E-state index contributed by atoms with van der Waals surface area (Å²) in [6.07, 6.45) is 0. The van der Waals surface area contributed by atoms with Gasteiger partial charge in [0, 0.05) is 0 Å². The number of hydrogen-bond acceptors (Lipinski definition) is 0. The second-order valence-electron chi connectivity index (χ2n) is 5.69. The third-order valence-electron chi connectivity index (χ3n) is 3.44. The van der Waals surface area contributed by atoms with E-state index in [0.717, 1.165) is 0 Å². The van der Waals surface area contributed by atoms with Crippen LogP contribution in [0.2, 0.25) is 0 Å². The van der Waals surface area contributed by atoms with Crippen molar-refractivity contribution in [1.29, 1.82) is 0 Å². The van der Waals surface area contributed by atoms with Crippen molar-refractivity contribution in [1.82, 2.24) is 0 Å².